The molecule has 1 aromatic rings. The predicted octanol–water partition coefficient (Wildman–Crippen LogP) is 2.51. The minimum atomic E-state index is 0.331. The highest BCUT2D eigenvalue weighted by Gasteiger charge is 2.56. The summed E-state index contributed by atoms with van der Waals surface area (Å²) in [5.41, 5.74) is 7.69. The monoisotopic (exact) mass is 181 g/mol. The Labute approximate surface area is 77.6 Å². The van der Waals surface area contributed by atoms with Gasteiger partial charge in [0.25, 0.3) is 0 Å². The number of rotatable bonds is 1. The summed E-state index contributed by atoms with van der Waals surface area (Å²) in [5.74, 6) is 0.608. The van der Waals surface area contributed by atoms with Crippen LogP contribution in [0.15, 0.2) is 11.4 Å². The van der Waals surface area contributed by atoms with Crippen molar-refractivity contribution >= 4 is 11.3 Å². The van der Waals surface area contributed by atoms with Gasteiger partial charge in [0.2, 0.25) is 0 Å². The molecule has 1 heterocycles. The molecule has 2 unspecified atom stereocenters. The Kier molecular flexibility index (Phi) is 1.61. The smallest absolute Gasteiger partial charge is 0.0180 e. The second kappa shape index (κ2) is 2.33. The van der Waals surface area contributed by atoms with Crippen molar-refractivity contribution in [1.82, 2.24) is 0 Å². The van der Waals surface area contributed by atoms with Crippen LogP contribution in [0.4, 0.5) is 0 Å². The molecule has 12 heavy (non-hydrogen) atoms. The lowest BCUT2D eigenvalue weighted by Crippen LogP contribution is -2.06. The lowest BCUT2D eigenvalue weighted by molar-refractivity contribution is 0.601. The number of hydrogen-bond acceptors (Lipinski definition) is 2. The summed E-state index contributed by atoms with van der Waals surface area (Å²) in [7, 11) is 0. The molecule has 2 heteroatoms. The van der Waals surface area contributed by atoms with E-state index >= 15 is 0 Å². The first-order chi connectivity index (χ1) is 5.53. The van der Waals surface area contributed by atoms with Crippen molar-refractivity contribution in [3.8, 4) is 0 Å². The van der Waals surface area contributed by atoms with E-state index in [2.05, 4.69) is 32.2 Å². The van der Waals surface area contributed by atoms with Crippen LogP contribution in [0.3, 0.4) is 0 Å². The molecular formula is C10H15NS. The molecule has 2 rings (SSSR count). The third-order valence-corrected chi connectivity index (χ3v) is 4.10. The predicted molar refractivity (Wildman–Crippen MR) is 53.6 cm³/mol. The summed E-state index contributed by atoms with van der Waals surface area (Å²) < 4.78 is 0. The molecule has 1 aromatic heterocycles. The van der Waals surface area contributed by atoms with E-state index in [1.165, 1.54) is 10.4 Å². The fraction of sp³-hybridized carbons (Fsp3) is 0.600. The molecule has 2 atom stereocenters. The lowest BCUT2D eigenvalue weighted by atomic mass is 10.1. The van der Waals surface area contributed by atoms with E-state index in [1.54, 1.807) is 0 Å². The lowest BCUT2D eigenvalue weighted by Gasteiger charge is -1.97. The zero-order valence-electron chi connectivity index (χ0n) is 7.79. The van der Waals surface area contributed by atoms with Crippen molar-refractivity contribution in [1.29, 1.82) is 0 Å². The Morgan fingerprint density at radius 2 is 2.08 bits per heavy atom. The number of nitrogens with two attached hydrogens (primary N) is 1. The van der Waals surface area contributed by atoms with Crippen LogP contribution in [0.25, 0.3) is 0 Å². The fourth-order valence-electron chi connectivity index (χ4n) is 1.84. The molecule has 0 bridgehead atoms. The number of hydrogen-bond donors (Lipinski definition) is 1. The Hall–Kier alpha value is -0.340. The zero-order chi connectivity index (χ0) is 8.93. The summed E-state index contributed by atoms with van der Waals surface area (Å²) in [6, 6.07) is 2.64. The first-order valence-corrected chi connectivity index (χ1v) is 5.22. The molecule has 0 radical (unpaired) electrons. The first kappa shape index (κ1) is 8.27. The molecule has 0 saturated heterocycles. The molecular weight excluding hydrogens is 166 g/mol. The van der Waals surface area contributed by atoms with E-state index in [-0.39, 0.29) is 0 Å². The Bertz CT molecular complexity index is 301. The van der Waals surface area contributed by atoms with Gasteiger partial charge in [-0.2, -0.15) is 0 Å². The maximum absolute atomic E-state index is 5.99. The average molecular weight is 181 g/mol. The maximum Gasteiger partial charge on any atom is 0.0180 e. The van der Waals surface area contributed by atoms with Crippen LogP contribution in [0.5, 0.6) is 0 Å². The average Bonchev–Trinajstić information content (AvgIpc) is 2.38. The van der Waals surface area contributed by atoms with Gasteiger partial charge in [0.15, 0.2) is 0 Å². The molecule has 1 saturated carbocycles. The van der Waals surface area contributed by atoms with Gasteiger partial charge in [0, 0.05) is 16.8 Å². The molecule has 2 N–H and O–H groups in total. The number of aryl methyl sites for hydroxylation is 1. The minimum Gasteiger partial charge on any atom is -0.327 e. The molecule has 1 aliphatic carbocycles. The molecule has 0 aromatic carbocycles. The van der Waals surface area contributed by atoms with Gasteiger partial charge in [-0.25, -0.2) is 0 Å². The van der Waals surface area contributed by atoms with Crippen molar-refractivity contribution in [2.24, 2.45) is 11.1 Å². The molecule has 66 valence electrons. The molecule has 1 nitrogen and oxygen atoms in total. The van der Waals surface area contributed by atoms with Gasteiger partial charge in [-0.05, 0) is 29.3 Å². The largest absolute Gasteiger partial charge is 0.327 e. The van der Waals surface area contributed by atoms with Crippen LogP contribution in [-0.2, 0) is 0 Å². The third-order valence-electron chi connectivity index (χ3n) is 2.97. The van der Waals surface area contributed by atoms with Gasteiger partial charge < -0.3 is 5.73 Å². The quantitative estimate of drug-likeness (QED) is 0.708. The van der Waals surface area contributed by atoms with Crippen LogP contribution >= 0.6 is 11.3 Å². The number of thiophene rings is 1. The van der Waals surface area contributed by atoms with E-state index < -0.39 is 0 Å². The van der Waals surface area contributed by atoms with Crippen LogP contribution in [0, 0.1) is 12.3 Å². The van der Waals surface area contributed by atoms with Crippen molar-refractivity contribution < 1.29 is 0 Å². The van der Waals surface area contributed by atoms with E-state index in [9.17, 15) is 0 Å². The molecule has 1 fully saturated rings. The van der Waals surface area contributed by atoms with Crippen molar-refractivity contribution in [3.63, 3.8) is 0 Å². The second-order valence-electron chi connectivity index (χ2n) is 4.35. The molecule has 1 aliphatic rings. The van der Waals surface area contributed by atoms with Crippen molar-refractivity contribution in [3.05, 3.63) is 21.9 Å². The highest BCUT2D eigenvalue weighted by atomic mass is 32.1. The summed E-state index contributed by atoms with van der Waals surface area (Å²) in [5, 5.41) is 2.20. The standard InChI is InChI=1S/C10H15NS/c1-6-4-7(12-5-6)8-9(11)10(8,2)3/h4-5,8-9H,11H2,1-3H3. The molecule has 0 amide bonds. The normalized spacial score (nSPS) is 32.0. The van der Waals surface area contributed by atoms with E-state index in [0.717, 1.165) is 0 Å². The highest BCUT2D eigenvalue weighted by molar-refractivity contribution is 7.10. The SMILES string of the molecule is Cc1csc(C2C(N)C2(C)C)c1. The van der Waals surface area contributed by atoms with Crippen molar-refractivity contribution in [2.45, 2.75) is 32.7 Å². The van der Waals surface area contributed by atoms with Gasteiger partial charge in [-0.15, -0.1) is 11.3 Å². The van der Waals surface area contributed by atoms with Gasteiger partial charge in [-0.3, -0.25) is 0 Å². The summed E-state index contributed by atoms with van der Waals surface area (Å²) in [6.45, 7) is 6.63. The van der Waals surface area contributed by atoms with Gasteiger partial charge in [-0.1, -0.05) is 13.8 Å². The summed E-state index contributed by atoms with van der Waals surface area (Å²) in [6.07, 6.45) is 0. The molecule has 0 aliphatic heterocycles. The van der Waals surface area contributed by atoms with E-state index in [0.29, 0.717) is 17.4 Å². The van der Waals surface area contributed by atoms with Gasteiger partial charge in [0.1, 0.15) is 0 Å². The maximum atomic E-state index is 5.99. The van der Waals surface area contributed by atoms with E-state index in [4.69, 9.17) is 5.73 Å². The van der Waals surface area contributed by atoms with Crippen molar-refractivity contribution in [2.75, 3.05) is 0 Å². The summed E-state index contributed by atoms with van der Waals surface area (Å²) in [4.78, 5) is 1.46. The first-order valence-electron chi connectivity index (χ1n) is 4.34. The fourth-order valence-corrected chi connectivity index (χ4v) is 3.08. The van der Waals surface area contributed by atoms with E-state index in [1.807, 2.05) is 11.3 Å². The molecule has 0 spiro atoms. The summed E-state index contributed by atoms with van der Waals surface area (Å²) >= 11 is 1.85. The Balaban J connectivity index is 2.24. The van der Waals surface area contributed by atoms with Gasteiger partial charge in [0.05, 0.1) is 0 Å². The minimum absolute atomic E-state index is 0.331. The van der Waals surface area contributed by atoms with Crippen LogP contribution in [0.2, 0.25) is 0 Å². The Morgan fingerprint density at radius 1 is 1.50 bits per heavy atom. The Morgan fingerprint density at radius 3 is 2.42 bits per heavy atom. The topological polar surface area (TPSA) is 26.0 Å². The zero-order valence-corrected chi connectivity index (χ0v) is 8.61. The van der Waals surface area contributed by atoms with Crippen LogP contribution in [-0.4, -0.2) is 6.04 Å². The van der Waals surface area contributed by atoms with Gasteiger partial charge >= 0.3 is 0 Å². The second-order valence-corrected chi connectivity index (χ2v) is 5.29. The highest BCUT2D eigenvalue weighted by Crippen LogP contribution is 2.58. The third kappa shape index (κ3) is 1.02. The van der Waals surface area contributed by atoms with Crippen LogP contribution in [0.1, 0.15) is 30.2 Å². The van der Waals surface area contributed by atoms with Crippen LogP contribution < -0.4 is 5.73 Å².